The van der Waals surface area contributed by atoms with E-state index in [9.17, 15) is 19.2 Å². The maximum absolute atomic E-state index is 13.5. The molecule has 5 rings (SSSR count). The van der Waals surface area contributed by atoms with E-state index in [2.05, 4.69) is 20.9 Å². The number of benzene rings is 2. The Labute approximate surface area is 259 Å². The Morgan fingerprint density at radius 2 is 1.79 bits per heavy atom. The van der Waals surface area contributed by atoms with Crippen molar-refractivity contribution in [3.8, 4) is 11.3 Å². The second kappa shape index (κ2) is 14.5. The first-order chi connectivity index (χ1) is 20.9. The first-order valence-electron chi connectivity index (χ1n) is 14.4. The predicted molar refractivity (Wildman–Crippen MR) is 168 cm³/mol. The average Bonchev–Trinajstić information content (AvgIpc) is 3.54. The minimum absolute atomic E-state index is 0.0201. The lowest BCUT2D eigenvalue weighted by Crippen LogP contribution is -2.47. The van der Waals surface area contributed by atoms with E-state index in [1.165, 1.54) is 28.0 Å². The molecule has 0 radical (unpaired) electrons. The number of nitrogens with zero attached hydrogens (tertiary/aromatic N) is 2. The van der Waals surface area contributed by atoms with Gasteiger partial charge >= 0.3 is 6.09 Å². The summed E-state index contributed by atoms with van der Waals surface area (Å²) in [6.07, 6.45) is 4.00. The van der Waals surface area contributed by atoms with Crippen molar-refractivity contribution in [2.24, 2.45) is 0 Å². The highest BCUT2D eigenvalue weighted by molar-refractivity contribution is 8.00. The average molecular weight is 622 g/mol. The van der Waals surface area contributed by atoms with Gasteiger partial charge < -0.3 is 20.7 Å². The molecule has 0 spiro atoms. The minimum atomic E-state index is -0.728. The molecule has 2 heterocycles. The fourth-order valence-corrected chi connectivity index (χ4v) is 6.86. The number of hydrogen-bond donors (Lipinski definition) is 3. The van der Waals surface area contributed by atoms with Gasteiger partial charge in [-0.25, -0.2) is 9.78 Å². The third-order valence-electron chi connectivity index (χ3n) is 7.28. The van der Waals surface area contributed by atoms with E-state index < -0.39 is 12.1 Å². The minimum Gasteiger partial charge on any atom is -0.445 e. The van der Waals surface area contributed by atoms with Gasteiger partial charge in [0.1, 0.15) is 12.6 Å². The Morgan fingerprint density at radius 3 is 2.51 bits per heavy atom. The zero-order chi connectivity index (χ0) is 30.2. The van der Waals surface area contributed by atoms with E-state index >= 15 is 0 Å². The van der Waals surface area contributed by atoms with Crippen LogP contribution in [0.2, 0.25) is 0 Å². The summed E-state index contributed by atoms with van der Waals surface area (Å²) in [7, 11) is 1.61. The molecule has 2 unspecified atom stereocenters. The van der Waals surface area contributed by atoms with Crippen molar-refractivity contribution in [1.82, 2.24) is 20.5 Å². The summed E-state index contributed by atoms with van der Waals surface area (Å²) >= 11 is 2.84. The number of aromatic nitrogens is 1. The van der Waals surface area contributed by atoms with Crippen molar-refractivity contribution in [2.45, 2.75) is 62.6 Å². The summed E-state index contributed by atoms with van der Waals surface area (Å²) in [6.45, 7) is 0.107. The first-order valence-corrected chi connectivity index (χ1v) is 16.3. The van der Waals surface area contributed by atoms with Crippen LogP contribution < -0.4 is 16.0 Å². The van der Waals surface area contributed by atoms with Crippen LogP contribution in [0, 0.1) is 0 Å². The molecule has 226 valence electrons. The Hall–Kier alpha value is -3.90. The fourth-order valence-electron chi connectivity index (χ4n) is 4.70. The molecule has 2 aliphatic rings. The van der Waals surface area contributed by atoms with Crippen LogP contribution in [0.15, 0.2) is 60.0 Å². The molecule has 12 heteroatoms. The van der Waals surface area contributed by atoms with Crippen molar-refractivity contribution in [3.63, 3.8) is 0 Å². The molecule has 3 aromatic rings. The van der Waals surface area contributed by atoms with Crippen LogP contribution in [0.25, 0.3) is 11.3 Å². The van der Waals surface area contributed by atoms with Crippen molar-refractivity contribution in [1.29, 1.82) is 0 Å². The van der Waals surface area contributed by atoms with Crippen LogP contribution in [0.1, 0.15) is 54.4 Å². The van der Waals surface area contributed by atoms with Crippen molar-refractivity contribution >= 4 is 52.0 Å². The normalized spacial score (nSPS) is 17.7. The second-order valence-electron chi connectivity index (χ2n) is 10.5. The molecule has 4 amide bonds. The molecule has 10 nitrogen and oxygen atoms in total. The Kier molecular flexibility index (Phi) is 10.3. The van der Waals surface area contributed by atoms with Crippen LogP contribution in [-0.2, 0) is 20.9 Å². The lowest BCUT2D eigenvalue weighted by Gasteiger charge is -2.28. The topological polar surface area (TPSA) is 130 Å². The molecule has 1 aliphatic heterocycles. The van der Waals surface area contributed by atoms with Gasteiger partial charge in [0, 0.05) is 41.8 Å². The van der Waals surface area contributed by atoms with Crippen LogP contribution in [0.4, 0.5) is 9.93 Å². The number of rotatable bonds is 12. The zero-order valence-corrected chi connectivity index (χ0v) is 25.5. The van der Waals surface area contributed by atoms with E-state index in [4.69, 9.17) is 4.74 Å². The number of unbranched alkanes of at least 4 members (excludes halogenated alkanes) is 1. The summed E-state index contributed by atoms with van der Waals surface area (Å²) in [5.41, 5.74) is 2.97. The SMILES string of the molecule is CNC(=O)CCCCC1SCC(C(=O)Nc2nc(-c3ccc(C(=O)NC4CC4)cc3)cs2)N1C(=O)OCc1ccccc1. The molecule has 3 N–H and O–H groups in total. The van der Waals surface area contributed by atoms with Gasteiger partial charge in [-0.1, -0.05) is 48.9 Å². The smallest absolute Gasteiger partial charge is 0.411 e. The number of amides is 4. The molecular formula is C31H35N5O5S2. The summed E-state index contributed by atoms with van der Waals surface area (Å²) in [6, 6.07) is 16.2. The van der Waals surface area contributed by atoms with E-state index in [0.29, 0.717) is 47.4 Å². The molecule has 2 aromatic carbocycles. The molecule has 1 saturated carbocycles. The summed E-state index contributed by atoms with van der Waals surface area (Å²) in [4.78, 5) is 56.8. The molecule has 43 heavy (non-hydrogen) atoms. The van der Waals surface area contributed by atoms with Gasteiger partial charge in [0.2, 0.25) is 11.8 Å². The number of hydrogen-bond acceptors (Lipinski definition) is 8. The molecule has 2 fully saturated rings. The summed E-state index contributed by atoms with van der Waals surface area (Å²) in [5.74, 6) is -0.000675. The van der Waals surface area contributed by atoms with Gasteiger partial charge in [-0.2, -0.15) is 0 Å². The molecule has 1 aromatic heterocycles. The highest BCUT2D eigenvalue weighted by Crippen LogP contribution is 2.35. The quantitative estimate of drug-likeness (QED) is 0.242. The third kappa shape index (κ3) is 8.35. The summed E-state index contributed by atoms with van der Waals surface area (Å²) in [5, 5.41) is 10.5. The molecular weight excluding hydrogens is 587 g/mol. The van der Waals surface area contributed by atoms with Crippen LogP contribution in [-0.4, -0.2) is 64.0 Å². The van der Waals surface area contributed by atoms with Crippen LogP contribution in [0.3, 0.4) is 0 Å². The number of thiazole rings is 1. The van der Waals surface area contributed by atoms with E-state index in [0.717, 1.165) is 30.4 Å². The van der Waals surface area contributed by atoms with Crippen molar-refractivity contribution < 1.29 is 23.9 Å². The number of nitrogens with one attached hydrogen (secondary N) is 3. The fraction of sp³-hybridized carbons (Fsp3) is 0.387. The Morgan fingerprint density at radius 1 is 1.02 bits per heavy atom. The Balaban J connectivity index is 1.22. The van der Waals surface area contributed by atoms with Gasteiger partial charge in [0.05, 0.1) is 11.1 Å². The maximum atomic E-state index is 13.5. The third-order valence-corrected chi connectivity index (χ3v) is 9.40. The first kappa shape index (κ1) is 30.6. The lowest BCUT2D eigenvalue weighted by atomic mass is 10.1. The van der Waals surface area contributed by atoms with Gasteiger partial charge in [-0.05, 0) is 43.4 Å². The maximum Gasteiger partial charge on any atom is 0.411 e. The van der Waals surface area contributed by atoms with Crippen LogP contribution in [0.5, 0.6) is 0 Å². The second-order valence-corrected chi connectivity index (χ2v) is 12.6. The monoisotopic (exact) mass is 621 g/mol. The number of carbonyl (C=O) groups is 4. The number of anilines is 1. The highest BCUT2D eigenvalue weighted by Gasteiger charge is 2.42. The predicted octanol–water partition coefficient (Wildman–Crippen LogP) is 5.03. The van der Waals surface area contributed by atoms with Gasteiger partial charge in [0.15, 0.2) is 5.13 Å². The van der Waals surface area contributed by atoms with E-state index in [1.54, 1.807) is 19.2 Å². The van der Waals surface area contributed by atoms with Gasteiger partial charge in [0.25, 0.3) is 5.91 Å². The largest absolute Gasteiger partial charge is 0.445 e. The molecule has 1 saturated heterocycles. The number of carbonyl (C=O) groups excluding carboxylic acids is 4. The Bertz CT molecular complexity index is 1430. The van der Waals surface area contributed by atoms with Gasteiger partial charge in [-0.15, -0.1) is 23.1 Å². The number of thioether (sulfide) groups is 1. The van der Waals surface area contributed by atoms with Crippen molar-refractivity contribution in [2.75, 3.05) is 18.1 Å². The van der Waals surface area contributed by atoms with Crippen LogP contribution >= 0.6 is 23.1 Å². The van der Waals surface area contributed by atoms with E-state index in [1.807, 2.05) is 47.8 Å². The standard InChI is InChI=1S/C31H35N5O5S2/c1-32-26(37)9-5-6-10-27-36(31(40)41-17-20-7-3-2-4-8-20)25(19-42-27)29(39)35-30-34-24(18-43-30)21-11-13-22(14-12-21)28(38)33-23-15-16-23/h2-4,7-8,11-14,18,23,25,27H,5-6,9-10,15-17,19H2,1H3,(H,32,37)(H,33,38)(H,34,35,39). The van der Waals surface area contributed by atoms with Gasteiger partial charge in [-0.3, -0.25) is 19.3 Å². The van der Waals surface area contributed by atoms with Crippen molar-refractivity contribution in [3.05, 3.63) is 71.1 Å². The summed E-state index contributed by atoms with van der Waals surface area (Å²) < 4.78 is 5.64. The van der Waals surface area contributed by atoms with E-state index in [-0.39, 0.29) is 29.7 Å². The molecule has 2 atom stereocenters. The number of ether oxygens (including phenoxy) is 1. The highest BCUT2D eigenvalue weighted by atomic mass is 32.2. The zero-order valence-electron chi connectivity index (χ0n) is 23.9. The molecule has 1 aliphatic carbocycles. The molecule has 0 bridgehead atoms. The lowest BCUT2D eigenvalue weighted by molar-refractivity contribution is -0.121.